The van der Waals surface area contributed by atoms with Crippen LogP contribution in [0.15, 0.2) is 65.7 Å². The van der Waals surface area contributed by atoms with Crippen LogP contribution in [0.4, 0.5) is 5.69 Å². The Kier molecular flexibility index (Phi) is 5.22. The zero-order valence-corrected chi connectivity index (χ0v) is 14.7. The number of hydrogen-bond acceptors (Lipinski definition) is 4. The number of rotatable bonds is 5. The molecule has 1 amide bonds. The zero-order chi connectivity index (χ0) is 18.5. The van der Waals surface area contributed by atoms with Crippen LogP contribution >= 0.6 is 0 Å². The molecule has 1 atom stereocenters. The van der Waals surface area contributed by atoms with Gasteiger partial charge in [0.05, 0.1) is 5.69 Å². The lowest BCUT2D eigenvalue weighted by Gasteiger charge is -2.15. The molecule has 6 heteroatoms. The minimum atomic E-state index is -0.741. The minimum absolute atomic E-state index is 0.296. The van der Waals surface area contributed by atoms with Crippen LogP contribution in [-0.4, -0.2) is 20.7 Å². The van der Waals surface area contributed by atoms with Gasteiger partial charge >= 0.3 is 0 Å². The predicted octanol–water partition coefficient (Wildman–Crippen LogP) is 3.07. The molecule has 0 aliphatic carbocycles. The van der Waals surface area contributed by atoms with Gasteiger partial charge < -0.3 is 5.32 Å². The maximum absolute atomic E-state index is 12.5. The summed E-state index contributed by atoms with van der Waals surface area (Å²) in [5, 5.41) is 7.18. The standard InChI is InChI=1S/C20H20N4O2/c1-3-15-4-6-17(7-5-15)22-20(26)14(2)24-19(25)9-8-18(23-24)16-10-12-21-13-11-16/h4-14H,3H2,1-2H3,(H,22,26). The molecule has 6 nitrogen and oxygen atoms in total. The maximum atomic E-state index is 12.5. The molecule has 3 rings (SSSR count). The van der Waals surface area contributed by atoms with Gasteiger partial charge in [0.15, 0.2) is 0 Å². The Bertz CT molecular complexity index is 950. The first kappa shape index (κ1) is 17.5. The van der Waals surface area contributed by atoms with Gasteiger partial charge in [0.1, 0.15) is 6.04 Å². The van der Waals surface area contributed by atoms with E-state index in [9.17, 15) is 9.59 Å². The zero-order valence-electron chi connectivity index (χ0n) is 14.7. The summed E-state index contributed by atoms with van der Waals surface area (Å²) < 4.78 is 1.20. The van der Waals surface area contributed by atoms with Crippen LogP contribution < -0.4 is 10.9 Å². The van der Waals surface area contributed by atoms with Crippen molar-refractivity contribution in [2.75, 3.05) is 5.32 Å². The highest BCUT2D eigenvalue weighted by atomic mass is 16.2. The molecule has 0 saturated heterocycles. The summed E-state index contributed by atoms with van der Waals surface area (Å²) in [6.07, 6.45) is 4.25. The number of pyridine rings is 1. The van der Waals surface area contributed by atoms with Gasteiger partial charge in [-0.25, -0.2) is 4.68 Å². The number of nitrogens with one attached hydrogen (secondary N) is 1. The van der Waals surface area contributed by atoms with Crippen LogP contribution in [0.5, 0.6) is 0 Å². The summed E-state index contributed by atoms with van der Waals surface area (Å²) in [5.41, 5.74) is 3.00. The third kappa shape index (κ3) is 3.85. The van der Waals surface area contributed by atoms with Gasteiger partial charge in [0.25, 0.3) is 5.56 Å². The molecule has 2 heterocycles. The summed E-state index contributed by atoms with van der Waals surface area (Å²) in [7, 11) is 0. The van der Waals surface area contributed by atoms with Gasteiger partial charge in [-0.3, -0.25) is 14.6 Å². The molecule has 3 aromatic rings. The molecule has 132 valence electrons. The summed E-state index contributed by atoms with van der Waals surface area (Å²) in [6.45, 7) is 3.73. The van der Waals surface area contributed by atoms with E-state index in [-0.39, 0.29) is 11.5 Å². The van der Waals surface area contributed by atoms with Crippen molar-refractivity contribution >= 4 is 11.6 Å². The van der Waals surface area contributed by atoms with Crippen LogP contribution in [0.3, 0.4) is 0 Å². The second kappa shape index (κ2) is 7.74. The Morgan fingerprint density at radius 2 is 1.77 bits per heavy atom. The summed E-state index contributed by atoms with van der Waals surface area (Å²) in [4.78, 5) is 28.7. The number of carbonyl (C=O) groups is 1. The molecule has 2 aromatic heterocycles. The number of carbonyl (C=O) groups excluding carboxylic acids is 1. The Morgan fingerprint density at radius 1 is 1.08 bits per heavy atom. The number of hydrogen-bond donors (Lipinski definition) is 1. The van der Waals surface area contributed by atoms with Crippen molar-refractivity contribution in [2.24, 2.45) is 0 Å². The first-order valence-corrected chi connectivity index (χ1v) is 8.48. The first-order valence-electron chi connectivity index (χ1n) is 8.48. The van der Waals surface area contributed by atoms with E-state index in [2.05, 4.69) is 22.3 Å². The Labute approximate surface area is 151 Å². The Balaban J connectivity index is 1.83. The number of aromatic nitrogens is 3. The number of nitrogens with zero attached hydrogens (tertiary/aromatic N) is 3. The fourth-order valence-electron chi connectivity index (χ4n) is 2.56. The molecule has 0 spiro atoms. The molecule has 0 saturated carbocycles. The van der Waals surface area contributed by atoms with Gasteiger partial charge in [0.2, 0.25) is 5.91 Å². The van der Waals surface area contributed by atoms with E-state index in [0.717, 1.165) is 12.0 Å². The van der Waals surface area contributed by atoms with Crippen LogP contribution in [0.1, 0.15) is 25.5 Å². The number of anilines is 1. The number of amides is 1. The largest absolute Gasteiger partial charge is 0.324 e. The molecule has 0 bridgehead atoms. The third-order valence-electron chi connectivity index (χ3n) is 4.18. The summed E-state index contributed by atoms with van der Waals surface area (Å²) in [5.74, 6) is -0.296. The normalized spacial score (nSPS) is 11.8. The van der Waals surface area contributed by atoms with E-state index in [1.54, 1.807) is 37.5 Å². The van der Waals surface area contributed by atoms with Gasteiger partial charge in [-0.05, 0) is 49.2 Å². The lowest BCUT2D eigenvalue weighted by Crippen LogP contribution is -2.33. The fourth-order valence-corrected chi connectivity index (χ4v) is 2.56. The SMILES string of the molecule is CCc1ccc(NC(=O)C(C)n2nc(-c3ccncc3)ccc2=O)cc1. The van der Waals surface area contributed by atoms with E-state index < -0.39 is 6.04 Å². The van der Waals surface area contributed by atoms with E-state index >= 15 is 0 Å². The Hall–Kier alpha value is -3.28. The van der Waals surface area contributed by atoms with Crippen molar-refractivity contribution in [3.05, 3.63) is 76.8 Å². The molecular formula is C20H20N4O2. The number of benzene rings is 1. The van der Waals surface area contributed by atoms with Crippen molar-refractivity contribution in [1.29, 1.82) is 0 Å². The lowest BCUT2D eigenvalue weighted by atomic mass is 10.1. The van der Waals surface area contributed by atoms with E-state index in [1.807, 2.05) is 24.3 Å². The summed E-state index contributed by atoms with van der Waals surface area (Å²) in [6, 6.07) is 13.6. The topological polar surface area (TPSA) is 76.9 Å². The second-order valence-corrected chi connectivity index (χ2v) is 5.95. The van der Waals surface area contributed by atoms with Crippen molar-refractivity contribution in [1.82, 2.24) is 14.8 Å². The first-order chi connectivity index (χ1) is 12.6. The van der Waals surface area contributed by atoms with E-state index in [4.69, 9.17) is 0 Å². The van der Waals surface area contributed by atoms with Gasteiger partial charge in [0, 0.05) is 29.7 Å². The molecule has 0 aliphatic rings. The van der Waals surface area contributed by atoms with Crippen LogP contribution in [-0.2, 0) is 11.2 Å². The quantitative estimate of drug-likeness (QED) is 0.769. The van der Waals surface area contributed by atoms with Crippen molar-refractivity contribution in [2.45, 2.75) is 26.3 Å². The summed E-state index contributed by atoms with van der Waals surface area (Å²) >= 11 is 0. The smallest absolute Gasteiger partial charge is 0.267 e. The molecule has 26 heavy (non-hydrogen) atoms. The highest BCUT2D eigenvalue weighted by Crippen LogP contribution is 2.16. The molecular weight excluding hydrogens is 328 g/mol. The second-order valence-electron chi connectivity index (χ2n) is 5.95. The number of aryl methyl sites for hydroxylation is 1. The average molecular weight is 348 g/mol. The molecule has 1 N–H and O–H groups in total. The molecule has 0 fully saturated rings. The van der Waals surface area contributed by atoms with E-state index in [1.165, 1.54) is 16.3 Å². The predicted molar refractivity (Wildman–Crippen MR) is 101 cm³/mol. The molecule has 0 radical (unpaired) electrons. The van der Waals surface area contributed by atoms with E-state index in [0.29, 0.717) is 11.4 Å². The van der Waals surface area contributed by atoms with Crippen molar-refractivity contribution < 1.29 is 4.79 Å². The van der Waals surface area contributed by atoms with Gasteiger partial charge in [-0.2, -0.15) is 5.10 Å². The van der Waals surface area contributed by atoms with Crippen LogP contribution in [0.2, 0.25) is 0 Å². The van der Waals surface area contributed by atoms with Crippen molar-refractivity contribution in [3.63, 3.8) is 0 Å². The highest BCUT2D eigenvalue weighted by Gasteiger charge is 2.18. The minimum Gasteiger partial charge on any atom is -0.324 e. The van der Waals surface area contributed by atoms with Gasteiger partial charge in [-0.15, -0.1) is 0 Å². The third-order valence-corrected chi connectivity index (χ3v) is 4.18. The Morgan fingerprint density at radius 3 is 2.42 bits per heavy atom. The van der Waals surface area contributed by atoms with Crippen LogP contribution in [0, 0.1) is 0 Å². The molecule has 1 aromatic carbocycles. The van der Waals surface area contributed by atoms with Crippen molar-refractivity contribution in [3.8, 4) is 11.3 Å². The molecule has 1 unspecified atom stereocenters. The maximum Gasteiger partial charge on any atom is 0.267 e. The van der Waals surface area contributed by atoms with Gasteiger partial charge in [-0.1, -0.05) is 19.1 Å². The monoisotopic (exact) mass is 348 g/mol. The fraction of sp³-hybridized carbons (Fsp3) is 0.200. The molecule has 0 aliphatic heterocycles. The average Bonchev–Trinajstić information content (AvgIpc) is 2.69. The highest BCUT2D eigenvalue weighted by molar-refractivity contribution is 5.93. The van der Waals surface area contributed by atoms with Crippen LogP contribution in [0.25, 0.3) is 11.3 Å². The lowest BCUT2D eigenvalue weighted by molar-refractivity contribution is -0.119.